The Hall–Kier alpha value is -2.11. The Morgan fingerprint density at radius 1 is 0.828 bits per heavy atom. The molecule has 0 unspecified atom stereocenters. The summed E-state index contributed by atoms with van der Waals surface area (Å²) in [5.41, 5.74) is -1.44. The molecule has 3 rings (SSSR count). The Kier molecular flexibility index (Phi) is 8.05. The predicted molar refractivity (Wildman–Crippen MR) is 96.2 cm³/mol. The fourth-order valence-electron chi connectivity index (χ4n) is 2.16. The maximum Gasteiger partial charge on any atom is 0.417 e. The van der Waals surface area contributed by atoms with E-state index in [4.69, 9.17) is 4.74 Å². The fourth-order valence-corrected chi connectivity index (χ4v) is 5.07. The van der Waals surface area contributed by atoms with E-state index in [-0.39, 0.29) is 21.2 Å². The van der Waals surface area contributed by atoms with Gasteiger partial charge in [0.2, 0.25) is 0 Å². The molecule has 154 valence electrons. The van der Waals surface area contributed by atoms with Crippen molar-refractivity contribution in [3.63, 3.8) is 0 Å². The van der Waals surface area contributed by atoms with Crippen molar-refractivity contribution in [2.24, 2.45) is 0 Å². The van der Waals surface area contributed by atoms with Gasteiger partial charge in [-0.25, -0.2) is 8.42 Å². The van der Waals surface area contributed by atoms with Gasteiger partial charge in [0.25, 0.3) is 0 Å². The number of hydrogen-bond donors (Lipinski definition) is 0. The Labute approximate surface area is 177 Å². The lowest BCUT2D eigenvalue weighted by molar-refractivity contribution is -0.597. The number of benzene rings is 3. The second-order valence-corrected chi connectivity index (χ2v) is 9.87. The van der Waals surface area contributed by atoms with Crippen molar-refractivity contribution in [1.82, 2.24) is 0 Å². The summed E-state index contributed by atoms with van der Waals surface area (Å²) in [6.45, 7) is 0. The zero-order valence-corrected chi connectivity index (χ0v) is 18.0. The van der Waals surface area contributed by atoms with Gasteiger partial charge in [0, 0.05) is 0 Å². The standard InChI is InChI=1S/C13H12IO.C7H5F3O3S/c1-15-13-9-7-12(8-10-13)14-11-5-3-2-4-6-11;8-7(9,10)5-3-1-2-4-6(5)14(11,12)13/h2-10H,1H3;1-4H,(H,11,12,13)/q+1;/p-1. The number of hydrogen-bond acceptors (Lipinski definition) is 4. The van der Waals surface area contributed by atoms with Crippen LogP contribution in [0.1, 0.15) is 5.56 Å². The second-order valence-electron chi connectivity index (χ2n) is 5.50. The molecule has 3 aromatic rings. The highest BCUT2D eigenvalue weighted by molar-refractivity contribution is 7.85. The van der Waals surface area contributed by atoms with Crippen molar-refractivity contribution in [1.29, 1.82) is 0 Å². The van der Waals surface area contributed by atoms with E-state index in [9.17, 15) is 26.1 Å². The summed E-state index contributed by atoms with van der Waals surface area (Å²) in [4.78, 5) is -1.24. The largest absolute Gasteiger partial charge is 0.744 e. The van der Waals surface area contributed by atoms with Crippen LogP contribution < -0.4 is 25.9 Å². The van der Waals surface area contributed by atoms with E-state index in [0.29, 0.717) is 12.1 Å². The Morgan fingerprint density at radius 2 is 1.34 bits per heavy atom. The van der Waals surface area contributed by atoms with E-state index in [1.165, 1.54) is 7.14 Å². The van der Waals surface area contributed by atoms with Crippen LogP contribution in [0.25, 0.3) is 0 Å². The van der Waals surface area contributed by atoms with Gasteiger partial charge in [-0.2, -0.15) is 13.2 Å². The molecule has 0 bridgehead atoms. The first kappa shape index (κ1) is 23.2. The third-order valence-electron chi connectivity index (χ3n) is 3.46. The van der Waals surface area contributed by atoms with E-state index >= 15 is 0 Å². The molecule has 0 N–H and O–H groups in total. The van der Waals surface area contributed by atoms with Crippen molar-refractivity contribution in [3.05, 3.63) is 91.6 Å². The first-order valence-corrected chi connectivity index (χ1v) is 11.6. The monoisotopic (exact) mass is 536 g/mol. The summed E-state index contributed by atoms with van der Waals surface area (Å²) in [5.74, 6) is 0.927. The molecule has 0 radical (unpaired) electrons. The van der Waals surface area contributed by atoms with Crippen LogP contribution in [0, 0.1) is 7.14 Å². The summed E-state index contributed by atoms with van der Waals surface area (Å²) in [7, 11) is -3.39. The number of methoxy groups -OCH3 is 1. The molecular formula is C20H16F3IO4S. The molecule has 0 atom stereocenters. The van der Waals surface area contributed by atoms with Gasteiger partial charge >= 0.3 is 27.4 Å². The average molecular weight is 536 g/mol. The average Bonchev–Trinajstić information content (AvgIpc) is 2.69. The van der Waals surface area contributed by atoms with Gasteiger partial charge in [-0.05, 0) is 48.5 Å². The first-order chi connectivity index (χ1) is 13.6. The molecule has 0 amide bonds. The van der Waals surface area contributed by atoms with E-state index in [1.807, 2.05) is 12.1 Å². The smallest absolute Gasteiger partial charge is 0.417 e. The first-order valence-electron chi connectivity index (χ1n) is 8.07. The molecule has 0 fully saturated rings. The molecule has 0 saturated heterocycles. The highest BCUT2D eigenvalue weighted by atomic mass is 127. The van der Waals surface area contributed by atoms with Crippen LogP contribution in [0.5, 0.6) is 5.75 Å². The van der Waals surface area contributed by atoms with Crippen molar-refractivity contribution < 1.29 is 52.1 Å². The molecule has 0 spiro atoms. The van der Waals surface area contributed by atoms with Crippen LogP contribution in [0.4, 0.5) is 13.2 Å². The normalized spacial score (nSPS) is 11.3. The van der Waals surface area contributed by atoms with Crippen molar-refractivity contribution in [2.45, 2.75) is 11.1 Å². The lowest BCUT2D eigenvalue weighted by atomic mass is 10.2. The van der Waals surface area contributed by atoms with Gasteiger partial charge in [0.05, 0.1) is 17.6 Å². The molecule has 3 aromatic carbocycles. The number of alkyl halides is 3. The number of rotatable bonds is 4. The lowest BCUT2D eigenvalue weighted by Crippen LogP contribution is -3.61. The molecule has 0 heterocycles. The molecule has 0 aromatic heterocycles. The summed E-state index contributed by atoms with van der Waals surface area (Å²) in [5, 5.41) is 0. The van der Waals surface area contributed by atoms with E-state index in [0.717, 1.165) is 17.9 Å². The number of halogens is 4. The number of ether oxygens (including phenoxy) is 1. The second kappa shape index (κ2) is 10.1. The van der Waals surface area contributed by atoms with Crippen LogP contribution >= 0.6 is 0 Å². The molecule has 0 aliphatic carbocycles. The van der Waals surface area contributed by atoms with Gasteiger partial charge in [-0.15, -0.1) is 0 Å². The molecular weight excluding hydrogens is 520 g/mol. The quantitative estimate of drug-likeness (QED) is 0.374. The van der Waals surface area contributed by atoms with Gasteiger partial charge in [0.1, 0.15) is 15.9 Å². The molecule has 0 saturated carbocycles. The van der Waals surface area contributed by atoms with Crippen LogP contribution in [0.2, 0.25) is 0 Å². The van der Waals surface area contributed by atoms with Crippen molar-refractivity contribution >= 4 is 10.1 Å². The minimum absolute atomic E-state index is 0.0449. The summed E-state index contributed by atoms with van der Waals surface area (Å²) < 4.78 is 75.9. The zero-order valence-electron chi connectivity index (χ0n) is 15.1. The van der Waals surface area contributed by atoms with Crippen LogP contribution in [-0.4, -0.2) is 20.1 Å². The highest BCUT2D eigenvalue weighted by Gasteiger charge is 2.34. The SMILES string of the molecule is COc1ccc([I+]c2ccccc2)cc1.O=S(=O)([O-])c1ccccc1C(F)(F)F. The topological polar surface area (TPSA) is 66.4 Å². The maximum atomic E-state index is 12.2. The van der Waals surface area contributed by atoms with Gasteiger partial charge in [0.15, 0.2) is 7.14 Å². The molecule has 9 heteroatoms. The van der Waals surface area contributed by atoms with Gasteiger partial charge in [-0.3, -0.25) is 0 Å². The van der Waals surface area contributed by atoms with Crippen molar-refractivity contribution in [3.8, 4) is 5.75 Å². The third kappa shape index (κ3) is 7.33. The Morgan fingerprint density at radius 3 is 1.83 bits per heavy atom. The van der Waals surface area contributed by atoms with Gasteiger partial charge < -0.3 is 9.29 Å². The molecule has 0 aliphatic rings. The summed E-state index contributed by atoms with van der Waals surface area (Å²) in [6.07, 6.45) is -4.84. The Bertz CT molecular complexity index is 1020. The zero-order chi connectivity index (χ0) is 21.5. The Balaban J connectivity index is 0.000000208. The van der Waals surface area contributed by atoms with E-state index < -0.39 is 26.8 Å². The van der Waals surface area contributed by atoms with E-state index in [1.54, 1.807) is 7.11 Å². The minimum Gasteiger partial charge on any atom is -0.744 e. The lowest BCUT2D eigenvalue weighted by Gasteiger charge is -2.14. The predicted octanol–water partition coefficient (Wildman–Crippen LogP) is 1.43. The maximum absolute atomic E-state index is 12.2. The van der Waals surface area contributed by atoms with Crippen LogP contribution in [-0.2, 0) is 16.3 Å². The van der Waals surface area contributed by atoms with Crippen LogP contribution in [0.3, 0.4) is 0 Å². The molecule has 4 nitrogen and oxygen atoms in total. The molecule has 29 heavy (non-hydrogen) atoms. The summed E-state index contributed by atoms with van der Waals surface area (Å²) >= 11 is -0.0449. The van der Waals surface area contributed by atoms with Crippen LogP contribution in [0.15, 0.2) is 83.8 Å². The minimum atomic E-state index is -5.09. The fraction of sp³-hybridized carbons (Fsp3) is 0.100. The summed E-state index contributed by atoms with van der Waals surface area (Å²) in [6, 6.07) is 22.2. The van der Waals surface area contributed by atoms with Gasteiger partial charge in [-0.1, -0.05) is 30.3 Å². The highest BCUT2D eigenvalue weighted by Crippen LogP contribution is 2.33. The third-order valence-corrected chi connectivity index (χ3v) is 7.04. The van der Waals surface area contributed by atoms with Crippen molar-refractivity contribution in [2.75, 3.05) is 7.11 Å². The van der Waals surface area contributed by atoms with E-state index in [2.05, 4.69) is 42.5 Å². The molecule has 0 aliphatic heterocycles.